The Morgan fingerprint density at radius 1 is 1.29 bits per heavy atom. The first-order chi connectivity index (χ1) is 11.0. The van der Waals surface area contributed by atoms with Crippen molar-refractivity contribution in [1.29, 1.82) is 0 Å². The molecule has 0 aliphatic rings. The predicted octanol–water partition coefficient (Wildman–Crippen LogP) is 1.04. The molecule has 7 nitrogen and oxygen atoms in total. The maximum atomic E-state index is 13.7. The molecule has 0 aromatic heterocycles. The highest BCUT2D eigenvalue weighted by Crippen LogP contribution is 2.23. The van der Waals surface area contributed by atoms with Crippen molar-refractivity contribution in [3.63, 3.8) is 0 Å². The van der Waals surface area contributed by atoms with E-state index in [0.29, 0.717) is 0 Å². The average Bonchev–Trinajstić information content (AvgIpc) is 2.47. The lowest BCUT2D eigenvalue weighted by Crippen LogP contribution is -2.46. The molecule has 1 aromatic carbocycles. The zero-order valence-corrected chi connectivity index (χ0v) is 14.8. The van der Waals surface area contributed by atoms with E-state index in [0.717, 1.165) is 16.4 Å². The van der Waals surface area contributed by atoms with Gasteiger partial charge in [-0.25, -0.2) is 12.8 Å². The van der Waals surface area contributed by atoms with Crippen LogP contribution in [0.15, 0.2) is 17.0 Å². The van der Waals surface area contributed by atoms with Gasteiger partial charge >= 0.3 is 5.97 Å². The van der Waals surface area contributed by atoms with Crippen LogP contribution >= 0.6 is 0 Å². The maximum absolute atomic E-state index is 13.7. The average molecular weight is 360 g/mol. The molecule has 1 unspecified atom stereocenters. The van der Waals surface area contributed by atoms with Crippen molar-refractivity contribution in [1.82, 2.24) is 9.62 Å². The third-order valence-electron chi connectivity index (χ3n) is 3.51. The first-order valence-corrected chi connectivity index (χ1v) is 8.68. The zero-order valence-electron chi connectivity index (χ0n) is 14.0. The molecule has 1 atom stereocenters. The Kier molecular flexibility index (Phi) is 6.44. The molecule has 0 bridgehead atoms. The fourth-order valence-corrected chi connectivity index (χ4v) is 3.94. The van der Waals surface area contributed by atoms with Gasteiger partial charge in [-0.1, -0.05) is 0 Å². The van der Waals surface area contributed by atoms with Gasteiger partial charge in [0.2, 0.25) is 15.9 Å². The Morgan fingerprint density at radius 2 is 1.79 bits per heavy atom. The number of hydrogen-bond acceptors (Lipinski definition) is 4. The number of carbonyl (C=O) groups is 2. The van der Waals surface area contributed by atoms with Crippen LogP contribution in [0.5, 0.6) is 0 Å². The number of aliphatic carboxylic acids is 1. The van der Waals surface area contributed by atoms with Crippen LogP contribution in [-0.2, 0) is 19.6 Å². The number of amides is 1. The highest BCUT2D eigenvalue weighted by Gasteiger charge is 2.33. The maximum Gasteiger partial charge on any atom is 0.321 e. The summed E-state index contributed by atoms with van der Waals surface area (Å²) < 4.78 is 40.1. The van der Waals surface area contributed by atoms with Gasteiger partial charge in [-0.2, -0.15) is 4.31 Å². The molecule has 0 spiro atoms. The quantitative estimate of drug-likeness (QED) is 0.756. The number of nitrogens with zero attached hydrogens (tertiary/aromatic N) is 1. The van der Waals surface area contributed by atoms with Gasteiger partial charge in [0.1, 0.15) is 11.9 Å². The van der Waals surface area contributed by atoms with Gasteiger partial charge in [0.15, 0.2) is 0 Å². The molecule has 9 heteroatoms. The molecule has 0 radical (unpaired) electrons. The lowest BCUT2D eigenvalue weighted by Gasteiger charge is -2.26. The van der Waals surface area contributed by atoms with Crippen LogP contribution < -0.4 is 5.32 Å². The first kappa shape index (κ1) is 20.0. The number of nitrogens with one attached hydrogen (secondary N) is 1. The minimum Gasteiger partial charge on any atom is -0.480 e. The molecule has 1 amide bonds. The highest BCUT2D eigenvalue weighted by atomic mass is 32.2. The predicted molar refractivity (Wildman–Crippen MR) is 85.5 cm³/mol. The molecule has 0 saturated heterocycles. The van der Waals surface area contributed by atoms with Crippen molar-refractivity contribution in [3.05, 3.63) is 29.1 Å². The Hall–Kier alpha value is -2.00. The normalized spacial score (nSPS) is 12.9. The molecule has 1 rings (SSSR count). The first-order valence-electron chi connectivity index (χ1n) is 7.24. The van der Waals surface area contributed by atoms with Crippen LogP contribution in [0, 0.1) is 19.7 Å². The van der Waals surface area contributed by atoms with E-state index in [1.165, 1.54) is 27.7 Å². The molecule has 0 fully saturated rings. The zero-order chi connectivity index (χ0) is 18.7. The largest absolute Gasteiger partial charge is 0.480 e. The second-order valence-electron chi connectivity index (χ2n) is 5.48. The second-order valence-corrected chi connectivity index (χ2v) is 7.37. The lowest BCUT2D eigenvalue weighted by atomic mass is 10.1. The summed E-state index contributed by atoms with van der Waals surface area (Å²) in [4.78, 5) is 22.0. The molecule has 1 aromatic rings. The molecule has 0 aliphatic carbocycles. The summed E-state index contributed by atoms with van der Waals surface area (Å²) in [5, 5.41) is 11.6. The van der Waals surface area contributed by atoms with E-state index in [1.54, 1.807) is 0 Å². The number of rotatable bonds is 7. The lowest BCUT2D eigenvalue weighted by molar-refractivity contribution is -0.140. The smallest absolute Gasteiger partial charge is 0.321 e. The summed E-state index contributed by atoms with van der Waals surface area (Å²) in [6.45, 7) is 5.12. The Morgan fingerprint density at radius 3 is 2.21 bits per heavy atom. The van der Waals surface area contributed by atoms with Crippen LogP contribution in [0.4, 0.5) is 4.39 Å². The van der Waals surface area contributed by atoms with E-state index in [1.807, 2.05) is 0 Å². The number of sulfonamides is 1. The van der Waals surface area contributed by atoms with Gasteiger partial charge in [0, 0.05) is 20.0 Å². The standard InChI is InChI=1S/C15H21FN2O5S/c1-9-7-13(8-10(2)14(9)16)24(22,23)18(11(3)15(20)21)6-5-17-12(4)19/h7-8,11H,5-6H2,1-4H3,(H,17,19)(H,20,21). The molecular formula is C15H21FN2O5S. The van der Waals surface area contributed by atoms with E-state index in [4.69, 9.17) is 0 Å². The van der Waals surface area contributed by atoms with Crippen molar-refractivity contribution in [3.8, 4) is 0 Å². The summed E-state index contributed by atoms with van der Waals surface area (Å²) in [5.74, 6) is -2.19. The van der Waals surface area contributed by atoms with E-state index < -0.39 is 27.9 Å². The van der Waals surface area contributed by atoms with Crippen LogP contribution in [-0.4, -0.2) is 48.8 Å². The van der Waals surface area contributed by atoms with Crippen LogP contribution in [0.1, 0.15) is 25.0 Å². The summed E-state index contributed by atoms with van der Waals surface area (Å²) >= 11 is 0. The molecule has 2 N–H and O–H groups in total. The molecule has 134 valence electrons. The van der Waals surface area contributed by atoms with Gasteiger partial charge < -0.3 is 10.4 Å². The number of benzene rings is 1. The van der Waals surface area contributed by atoms with Crippen molar-refractivity contribution < 1.29 is 27.5 Å². The van der Waals surface area contributed by atoms with E-state index in [-0.39, 0.29) is 35.0 Å². The fraction of sp³-hybridized carbons (Fsp3) is 0.467. The summed E-state index contributed by atoms with van der Waals surface area (Å²) in [7, 11) is -4.17. The summed E-state index contributed by atoms with van der Waals surface area (Å²) in [6.07, 6.45) is 0. The van der Waals surface area contributed by atoms with Gasteiger partial charge in [-0.3, -0.25) is 9.59 Å². The van der Waals surface area contributed by atoms with Crippen LogP contribution in [0.25, 0.3) is 0 Å². The van der Waals surface area contributed by atoms with E-state index in [2.05, 4.69) is 5.32 Å². The Bertz CT molecular complexity index is 725. The minimum absolute atomic E-state index is 0.0364. The van der Waals surface area contributed by atoms with Gasteiger partial charge in [0.05, 0.1) is 4.90 Å². The van der Waals surface area contributed by atoms with Crippen molar-refractivity contribution >= 4 is 21.9 Å². The minimum atomic E-state index is -4.17. The number of carbonyl (C=O) groups excluding carboxylic acids is 1. The van der Waals surface area contributed by atoms with Gasteiger partial charge in [-0.15, -0.1) is 0 Å². The number of carboxylic acid groups (broad SMARTS) is 1. The second kappa shape index (κ2) is 7.71. The van der Waals surface area contributed by atoms with E-state index in [9.17, 15) is 27.5 Å². The number of halogens is 1. The monoisotopic (exact) mass is 360 g/mol. The Labute approximate surface area is 140 Å². The van der Waals surface area contributed by atoms with Crippen molar-refractivity contribution in [2.45, 2.75) is 38.6 Å². The molecule has 0 aliphatic heterocycles. The topological polar surface area (TPSA) is 104 Å². The number of carboxylic acids is 1. The Balaban J connectivity index is 3.28. The van der Waals surface area contributed by atoms with E-state index >= 15 is 0 Å². The molecular weight excluding hydrogens is 339 g/mol. The highest BCUT2D eigenvalue weighted by molar-refractivity contribution is 7.89. The van der Waals surface area contributed by atoms with Crippen LogP contribution in [0.2, 0.25) is 0 Å². The number of aryl methyl sites for hydroxylation is 2. The third-order valence-corrected chi connectivity index (χ3v) is 5.46. The van der Waals surface area contributed by atoms with Crippen molar-refractivity contribution in [2.24, 2.45) is 0 Å². The van der Waals surface area contributed by atoms with Crippen molar-refractivity contribution in [2.75, 3.05) is 13.1 Å². The molecule has 24 heavy (non-hydrogen) atoms. The van der Waals surface area contributed by atoms with Gasteiger partial charge in [-0.05, 0) is 44.0 Å². The third kappa shape index (κ3) is 4.51. The summed E-state index contributed by atoms with van der Waals surface area (Å²) in [6, 6.07) is 0.990. The van der Waals surface area contributed by atoms with Gasteiger partial charge in [0.25, 0.3) is 0 Å². The van der Waals surface area contributed by atoms with Crippen LogP contribution in [0.3, 0.4) is 0 Å². The number of hydrogen-bond donors (Lipinski definition) is 2. The molecule has 0 saturated carbocycles. The molecule has 0 heterocycles. The summed E-state index contributed by atoms with van der Waals surface area (Å²) in [5.41, 5.74) is 0.303. The SMILES string of the molecule is CC(=O)NCCN(C(C)C(=O)O)S(=O)(=O)c1cc(C)c(F)c(C)c1. The fourth-order valence-electron chi connectivity index (χ4n) is 2.18.